The lowest BCUT2D eigenvalue weighted by molar-refractivity contribution is -0.131. The van der Waals surface area contributed by atoms with E-state index in [2.05, 4.69) is 10.6 Å². The van der Waals surface area contributed by atoms with Crippen LogP contribution >= 0.6 is 0 Å². The SMILES string of the molecule is CC(C)(C)OC(=O)NCC(=O)N1CCn2c(nc(-c3ccc(F)cc3)c2Nc2ccc(F)cc2)C1. The zero-order valence-corrected chi connectivity index (χ0v) is 19.8. The van der Waals surface area contributed by atoms with E-state index in [-0.39, 0.29) is 30.6 Å². The molecule has 1 aromatic heterocycles. The average Bonchev–Trinajstić information content (AvgIpc) is 3.16. The van der Waals surface area contributed by atoms with Crippen molar-refractivity contribution in [3.8, 4) is 11.3 Å². The maximum Gasteiger partial charge on any atom is 0.408 e. The number of fused-ring (bicyclic) bond motifs is 1. The number of nitrogens with zero attached hydrogens (tertiary/aromatic N) is 3. The van der Waals surface area contributed by atoms with Crippen LogP contribution in [0, 0.1) is 11.6 Å². The second-order valence-corrected chi connectivity index (χ2v) is 9.19. The number of nitrogens with one attached hydrogen (secondary N) is 2. The molecule has 0 fully saturated rings. The van der Waals surface area contributed by atoms with E-state index in [0.717, 1.165) is 0 Å². The standard InChI is InChI=1S/C25H27F2N5O3/c1-25(2,3)35-24(34)28-14-21(33)31-12-13-32-20(15-31)30-22(16-4-6-17(26)7-5-16)23(32)29-19-10-8-18(27)9-11-19/h4-11,29H,12-15H2,1-3H3,(H,28,34). The average molecular weight is 484 g/mol. The Morgan fingerprint density at radius 3 is 2.26 bits per heavy atom. The van der Waals surface area contributed by atoms with Gasteiger partial charge in [0.2, 0.25) is 5.91 Å². The van der Waals surface area contributed by atoms with Crippen LogP contribution < -0.4 is 10.6 Å². The zero-order valence-electron chi connectivity index (χ0n) is 19.8. The van der Waals surface area contributed by atoms with Crippen LogP contribution in [0.1, 0.15) is 26.6 Å². The van der Waals surface area contributed by atoms with Gasteiger partial charge in [0, 0.05) is 24.3 Å². The molecule has 0 radical (unpaired) electrons. The lowest BCUT2D eigenvalue weighted by atomic mass is 10.1. The predicted molar refractivity (Wildman–Crippen MR) is 127 cm³/mol. The zero-order chi connectivity index (χ0) is 25.2. The first-order valence-corrected chi connectivity index (χ1v) is 11.2. The molecule has 0 unspecified atom stereocenters. The number of hydrogen-bond acceptors (Lipinski definition) is 5. The second-order valence-electron chi connectivity index (χ2n) is 9.19. The fourth-order valence-electron chi connectivity index (χ4n) is 3.72. The number of alkyl carbamates (subject to hydrolysis) is 1. The molecule has 0 atom stereocenters. The Bertz CT molecular complexity index is 1220. The van der Waals surface area contributed by atoms with Gasteiger partial charge in [0.15, 0.2) is 0 Å². The molecule has 0 spiro atoms. The molecule has 0 bridgehead atoms. The number of carbonyl (C=O) groups is 2. The van der Waals surface area contributed by atoms with Crippen LogP contribution in [-0.4, -0.2) is 45.1 Å². The van der Waals surface area contributed by atoms with Gasteiger partial charge in [0.05, 0.1) is 6.54 Å². The first kappa shape index (κ1) is 24.2. The summed E-state index contributed by atoms with van der Waals surface area (Å²) < 4.78 is 34.0. The van der Waals surface area contributed by atoms with Crippen molar-refractivity contribution >= 4 is 23.5 Å². The van der Waals surface area contributed by atoms with E-state index in [9.17, 15) is 18.4 Å². The smallest absolute Gasteiger partial charge is 0.408 e. The largest absolute Gasteiger partial charge is 0.444 e. The summed E-state index contributed by atoms with van der Waals surface area (Å²) in [5, 5.41) is 5.78. The van der Waals surface area contributed by atoms with E-state index in [1.165, 1.54) is 24.3 Å². The van der Waals surface area contributed by atoms with Crippen molar-refractivity contribution in [3.05, 3.63) is 66.0 Å². The summed E-state index contributed by atoms with van der Waals surface area (Å²) in [7, 11) is 0. The topological polar surface area (TPSA) is 88.5 Å². The normalized spacial score (nSPS) is 13.2. The molecule has 0 aliphatic carbocycles. The minimum absolute atomic E-state index is 0.193. The minimum Gasteiger partial charge on any atom is -0.444 e. The molecule has 184 valence electrons. The van der Waals surface area contributed by atoms with Crippen molar-refractivity contribution in [1.82, 2.24) is 19.8 Å². The van der Waals surface area contributed by atoms with Crippen LogP contribution in [0.3, 0.4) is 0 Å². The van der Waals surface area contributed by atoms with Crippen LogP contribution in [0.5, 0.6) is 0 Å². The van der Waals surface area contributed by atoms with E-state index in [0.29, 0.717) is 41.7 Å². The molecule has 0 saturated carbocycles. The molecule has 35 heavy (non-hydrogen) atoms. The molecule has 2 aromatic carbocycles. The quantitative estimate of drug-likeness (QED) is 0.560. The van der Waals surface area contributed by atoms with E-state index >= 15 is 0 Å². The van der Waals surface area contributed by atoms with Gasteiger partial charge in [-0.15, -0.1) is 0 Å². The lowest BCUT2D eigenvalue weighted by Gasteiger charge is -2.29. The Morgan fingerprint density at radius 2 is 1.63 bits per heavy atom. The van der Waals surface area contributed by atoms with Crippen molar-refractivity contribution in [2.45, 2.75) is 39.5 Å². The van der Waals surface area contributed by atoms with Gasteiger partial charge in [0.1, 0.15) is 41.1 Å². The second kappa shape index (κ2) is 9.73. The van der Waals surface area contributed by atoms with Crippen LogP contribution in [0.15, 0.2) is 48.5 Å². The molecule has 3 aromatic rings. The number of rotatable bonds is 5. The van der Waals surface area contributed by atoms with E-state index < -0.39 is 11.7 Å². The highest BCUT2D eigenvalue weighted by atomic mass is 19.1. The minimum atomic E-state index is -0.659. The van der Waals surface area contributed by atoms with Gasteiger partial charge in [-0.3, -0.25) is 4.79 Å². The highest BCUT2D eigenvalue weighted by Crippen LogP contribution is 2.33. The Kier molecular flexibility index (Phi) is 6.72. The highest BCUT2D eigenvalue weighted by Gasteiger charge is 2.27. The van der Waals surface area contributed by atoms with Gasteiger partial charge in [-0.2, -0.15) is 0 Å². The monoisotopic (exact) mass is 483 g/mol. The van der Waals surface area contributed by atoms with Crippen molar-refractivity contribution in [2.75, 3.05) is 18.4 Å². The number of carbonyl (C=O) groups excluding carboxylic acids is 2. The number of aromatic nitrogens is 2. The third-order valence-electron chi connectivity index (χ3n) is 5.33. The molecular formula is C25H27F2N5O3. The number of anilines is 2. The number of amides is 2. The van der Waals surface area contributed by atoms with Crippen LogP contribution in [0.25, 0.3) is 11.3 Å². The van der Waals surface area contributed by atoms with Gasteiger partial charge in [-0.05, 0) is 69.3 Å². The molecule has 8 nitrogen and oxygen atoms in total. The Hall–Kier alpha value is -3.95. The molecule has 10 heteroatoms. The van der Waals surface area contributed by atoms with Crippen LogP contribution in [-0.2, 0) is 22.6 Å². The third kappa shape index (κ3) is 5.95. The fraction of sp³-hybridized carbons (Fsp3) is 0.320. The van der Waals surface area contributed by atoms with Gasteiger partial charge in [-0.1, -0.05) is 0 Å². The van der Waals surface area contributed by atoms with Crippen molar-refractivity contribution in [2.24, 2.45) is 0 Å². The summed E-state index contributed by atoms with van der Waals surface area (Å²) >= 11 is 0. The summed E-state index contributed by atoms with van der Waals surface area (Å²) in [5.74, 6) is 0.322. The summed E-state index contributed by atoms with van der Waals surface area (Å²) in [6, 6.07) is 11.9. The molecule has 2 N–H and O–H groups in total. The first-order chi connectivity index (χ1) is 16.6. The van der Waals surface area contributed by atoms with Crippen molar-refractivity contribution in [1.29, 1.82) is 0 Å². The van der Waals surface area contributed by atoms with Gasteiger partial charge >= 0.3 is 6.09 Å². The van der Waals surface area contributed by atoms with E-state index in [4.69, 9.17) is 9.72 Å². The Labute approximate surface area is 201 Å². The molecule has 1 aliphatic heterocycles. The number of ether oxygens (including phenoxy) is 1. The highest BCUT2D eigenvalue weighted by molar-refractivity contribution is 5.83. The summed E-state index contributed by atoms with van der Waals surface area (Å²) in [5.41, 5.74) is 1.29. The van der Waals surface area contributed by atoms with Crippen LogP contribution in [0.2, 0.25) is 0 Å². The molecule has 2 heterocycles. The van der Waals surface area contributed by atoms with Gasteiger partial charge in [0.25, 0.3) is 0 Å². The predicted octanol–water partition coefficient (Wildman–Crippen LogP) is 4.44. The number of imidazole rings is 1. The third-order valence-corrected chi connectivity index (χ3v) is 5.33. The van der Waals surface area contributed by atoms with Crippen LogP contribution in [0.4, 0.5) is 25.1 Å². The number of benzene rings is 2. The van der Waals surface area contributed by atoms with Crippen molar-refractivity contribution in [3.63, 3.8) is 0 Å². The first-order valence-electron chi connectivity index (χ1n) is 11.2. The van der Waals surface area contributed by atoms with Gasteiger partial charge < -0.3 is 24.8 Å². The molecule has 4 rings (SSSR count). The molecule has 0 saturated heterocycles. The van der Waals surface area contributed by atoms with E-state index in [1.807, 2.05) is 4.57 Å². The summed E-state index contributed by atoms with van der Waals surface area (Å²) in [6.07, 6.45) is -0.659. The summed E-state index contributed by atoms with van der Waals surface area (Å²) in [6.45, 7) is 6.12. The van der Waals surface area contributed by atoms with Crippen molar-refractivity contribution < 1.29 is 23.1 Å². The molecule has 1 aliphatic rings. The van der Waals surface area contributed by atoms with E-state index in [1.54, 1.807) is 49.9 Å². The number of halogens is 2. The maximum absolute atomic E-state index is 13.5. The maximum atomic E-state index is 13.5. The molecule has 2 amide bonds. The Morgan fingerprint density at radius 1 is 1.00 bits per heavy atom. The molecular weight excluding hydrogens is 456 g/mol. The lowest BCUT2D eigenvalue weighted by Crippen LogP contribution is -2.44. The number of hydrogen-bond donors (Lipinski definition) is 2. The fourth-order valence-corrected chi connectivity index (χ4v) is 3.72. The summed E-state index contributed by atoms with van der Waals surface area (Å²) in [4.78, 5) is 31.0. The Balaban J connectivity index is 1.55. The van der Waals surface area contributed by atoms with Gasteiger partial charge in [-0.25, -0.2) is 18.6 Å².